The van der Waals surface area contributed by atoms with Crippen LogP contribution in [0.5, 0.6) is 0 Å². The van der Waals surface area contributed by atoms with E-state index in [1.54, 1.807) is 0 Å². The second-order valence-corrected chi connectivity index (χ2v) is 10.9. The van der Waals surface area contributed by atoms with Crippen molar-refractivity contribution >= 4 is 11.3 Å². The largest absolute Gasteiger partial charge is 0.380 e. The van der Waals surface area contributed by atoms with Gasteiger partial charge in [-0.3, -0.25) is 0 Å². The van der Waals surface area contributed by atoms with Gasteiger partial charge in [0.05, 0.1) is 0 Å². The number of hydrogen-bond acceptors (Lipinski definition) is 1. The van der Waals surface area contributed by atoms with Gasteiger partial charge in [0.25, 0.3) is 0 Å². The van der Waals surface area contributed by atoms with Crippen LogP contribution < -0.4 is 4.57 Å². The molecule has 206 valence electrons. The van der Waals surface area contributed by atoms with E-state index in [-0.39, 0.29) is 0 Å². The van der Waals surface area contributed by atoms with E-state index in [0.29, 0.717) is 6.42 Å². The van der Waals surface area contributed by atoms with Crippen molar-refractivity contribution in [1.82, 2.24) is 0 Å². The lowest BCUT2D eigenvalue weighted by molar-refractivity contribution is -0.554. The maximum atomic E-state index is 12.4. The lowest BCUT2D eigenvalue weighted by Gasteiger charge is -2.33. The Kier molecular flexibility index (Phi) is 7.12. The van der Waals surface area contributed by atoms with E-state index < -0.39 is 5.60 Å². The van der Waals surface area contributed by atoms with E-state index in [2.05, 4.69) is 132 Å². The first-order chi connectivity index (χ1) is 21.2. The molecular weight excluding hydrogens is 522 g/mol. The first kappa shape index (κ1) is 26.6. The molecular formula is C41H32NO+. The Bertz CT molecular complexity index is 1850. The van der Waals surface area contributed by atoms with Crippen molar-refractivity contribution in [2.75, 3.05) is 0 Å². The minimum absolute atomic E-state index is 0.447. The van der Waals surface area contributed by atoms with E-state index in [0.717, 1.165) is 50.5 Å². The molecule has 43 heavy (non-hydrogen) atoms. The van der Waals surface area contributed by atoms with Crippen molar-refractivity contribution < 1.29 is 9.67 Å². The molecule has 0 radical (unpaired) electrons. The van der Waals surface area contributed by atoms with Crippen LogP contribution in [0.25, 0.3) is 44.9 Å². The lowest BCUT2D eigenvalue weighted by atomic mass is 9.77. The van der Waals surface area contributed by atoms with Crippen molar-refractivity contribution in [3.63, 3.8) is 0 Å². The molecule has 6 aromatic rings. The highest BCUT2D eigenvalue weighted by molar-refractivity contribution is 5.84. The molecule has 0 saturated carbocycles. The number of rotatable bonds is 6. The fourth-order valence-electron chi connectivity index (χ4n) is 6.08. The lowest BCUT2D eigenvalue weighted by Crippen LogP contribution is -2.40. The van der Waals surface area contributed by atoms with Crippen molar-refractivity contribution in [3.05, 3.63) is 187 Å². The molecule has 1 aliphatic rings. The Hall–Kier alpha value is -5.31. The Morgan fingerprint density at radius 1 is 0.465 bits per heavy atom. The third-order valence-corrected chi connectivity index (χ3v) is 8.25. The van der Waals surface area contributed by atoms with Gasteiger partial charge in [-0.05, 0) is 52.6 Å². The summed E-state index contributed by atoms with van der Waals surface area (Å²) in [6, 6.07) is 56.5. The minimum atomic E-state index is -1.16. The summed E-state index contributed by atoms with van der Waals surface area (Å²) >= 11 is 0. The number of aromatic nitrogens is 1. The van der Waals surface area contributed by atoms with Crippen LogP contribution in [0.3, 0.4) is 0 Å². The standard InChI is InChI=1S/C41H32NO/c43-41(36-24-14-5-15-25-36)27-26-37(30-38(41)32-18-8-2-9-19-32)42-39(33-20-10-3-11-21-33)28-35(31-16-6-1-7-17-31)29-40(42)34-22-12-4-13-23-34/h1-26,28-30,43H,27H2/q+1. The van der Waals surface area contributed by atoms with Gasteiger partial charge in [-0.1, -0.05) is 127 Å². The normalized spacial score (nSPS) is 16.3. The van der Waals surface area contributed by atoms with Crippen molar-refractivity contribution in [2.45, 2.75) is 12.0 Å². The first-order valence-electron chi connectivity index (χ1n) is 14.7. The monoisotopic (exact) mass is 554 g/mol. The molecule has 1 aromatic heterocycles. The summed E-state index contributed by atoms with van der Waals surface area (Å²) in [5.74, 6) is 0. The van der Waals surface area contributed by atoms with Gasteiger partial charge in [0, 0.05) is 41.3 Å². The highest BCUT2D eigenvalue weighted by Crippen LogP contribution is 2.44. The third kappa shape index (κ3) is 5.14. The summed E-state index contributed by atoms with van der Waals surface area (Å²) in [6.07, 6.45) is 4.80. The number of nitrogens with zero attached hydrogens (tertiary/aromatic N) is 1. The fraction of sp³-hybridized carbons (Fsp3) is 0.0488. The highest BCUT2D eigenvalue weighted by Gasteiger charge is 2.39. The van der Waals surface area contributed by atoms with Gasteiger partial charge in [0.15, 0.2) is 0 Å². The topological polar surface area (TPSA) is 24.1 Å². The fourth-order valence-corrected chi connectivity index (χ4v) is 6.08. The molecule has 0 fully saturated rings. The van der Waals surface area contributed by atoms with Gasteiger partial charge in [0.2, 0.25) is 17.1 Å². The van der Waals surface area contributed by atoms with Gasteiger partial charge >= 0.3 is 0 Å². The molecule has 0 bridgehead atoms. The Labute approximate surface area is 253 Å². The molecule has 0 saturated heterocycles. The van der Waals surface area contributed by atoms with Gasteiger partial charge in [0.1, 0.15) is 5.60 Å². The molecule has 1 unspecified atom stereocenters. The smallest absolute Gasteiger partial charge is 0.219 e. The van der Waals surface area contributed by atoms with Crippen LogP contribution in [0.2, 0.25) is 0 Å². The summed E-state index contributed by atoms with van der Waals surface area (Å²) in [4.78, 5) is 0. The summed E-state index contributed by atoms with van der Waals surface area (Å²) in [6.45, 7) is 0. The van der Waals surface area contributed by atoms with E-state index in [9.17, 15) is 5.11 Å². The van der Waals surface area contributed by atoms with Crippen LogP contribution in [-0.2, 0) is 5.60 Å². The molecule has 1 heterocycles. The number of benzene rings is 5. The van der Waals surface area contributed by atoms with Crippen molar-refractivity contribution in [2.24, 2.45) is 0 Å². The summed E-state index contributed by atoms with van der Waals surface area (Å²) in [7, 11) is 0. The zero-order valence-electron chi connectivity index (χ0n) is 23.8. The van der Waals surface area contributed by atoms with Gasteiger partial charge < -0.3 is 5.11 Å². The van der Waals surface area contributed by atoms with Crippen LogP contribution in [0.15, 0.2) is 176 Å². The van der Waals surface area contributed by atoms with Crippen LogP contribution in [0.4, 0.5) is 0 Å². The molecule has 2 heteroatoms. The van der Waals surface area contributed by atoms with Crippen LogP contribution in [0.1, 0.15) is 17.5 Å². The number of pyridine rings is 1. The van der Waals surface area contributed by atoms with Gasteiger partial charge in [-0.25, -0.2) is 0 Å². The number of allylic oxidation sites excluding steroid dienone is 2. The second-order valence-electron chi connectivity index (χ2n) is 10.9. The molecule has 5 aromatic carbocycles. The van der Waals surface area contributed by atoms with E-state index in [4.69, 9.17) is 0 Å². The predicted molar refractivity (Wildman–Crippen MR) is 177 cm³/mol. The van der Waals surface area contributed by atoms with Gasteiger partial charge in [-0.2, -0.15) is 4.57 Å². The second kappa shape index (κ2) is 11.5. The van der Waals surface area contributed by atoms with E-state index in [1.165, 1.54) is 5.56 Å². The predicted octanol–water partition coefficient (Wildman–Crippen LogP) is 9.19. The molecule has 1 atom stereocenters. The molecule has 0 spiro atoms. The van der Waals surface area contributed by atoms with Crippen LogP contribution in [0, 0.1) is 0 Å². The molecule has 0 aliphatic heterocycles. The highest BCUT2D eigenvalue weighted by atomic mass is 16.3. The summed E-state index contributed by atoms with van der Waals surface area (Å²) < 4.78 is 2.35. The zero-order chi connectivity index (χ0) is 29.1. The van der Waals surface area contributed by atoms with Crippen molar-refractivity contribution in [3.8, 4) is 33.6 Å². The van der Waals surface area contributed by atoms with E-state index in [1.807, 2.05) is 48.5 Å². The summed E-state index contributed by atoms with van der Waals surface area (Å²) in [5, 5.41) is 12.4. The minimum Gasteiger partial charge on any atom is -0.380 e. The Morgan fingerprint density at radius 2 is 0.884 bits per heavy atom. The average Bonchev–Trinajstić information content (AvgIpc) is 3.10. The maximum Gasteiger partial charge on any atom is 0.219 e. The number of aliphatic hydroxyl groups is 1. The zero-order valence-corrected chi connectivity index (χ0v) is 23.8. The average molecular weight is 555 g/mol. The first-order valence-corrected chi connectivity index (χ1v) is 14.7. The van der Waals surface area contributed by atoms with Crippen LogP contribution in [-0.4, -0.2) is 5.11 Å². The third-order valence-electron chi connectivity index (χ3n) is 8.25. The number of hydrogen-bond donors (Lipinski definition) is 1. The summed E-state index contributed by atoms with van der Waals surface area (Å²) in [5.41, 5.74) is 9.37. The molecule has 7 rings (SSSR count). The quantitative estimate of drug-likeness (QED) is 0.204. The van der Waals surface area contributed by atoms with Crippen molar-refractivity contribution in [1.29, 1.82) is 0 Å². The molecule has 1 N–H and O–H groups in total. The SMILES string of the molecule is OC1(c2ccccc2)CC=C([n+]2c(-c3ccccc3)cc(-c3ccccc3)cc2-c2ccccc2)C=C1c1ccccc1. The van der Waals surface area contributed by atoms with Crippen LogP contribution >= 0.6 is 0 Å². The Balaban J connectivity index is 1.51. The van der Waals surface area contributed by atoms with Gasteiger partial charge in [-0.15, -0.1) is 0 Å². The molecule has 1 aliphatic carbocycles. The molecule has 0 amide bonds. The Morgan fingerprint density at radius 3 is 1.37 bits per heavy atom. The maximum absolute atomic E-state index is 12.4. The van der Waals surface area contributed by atoms with E-state index >= 15 is 0 Å². The molecule has 2 nitrogen and oxygen atoms in total.